The van der Waals surface area contributed by atoms with E-state index in [1.54, 1.807) is 12.1 Å². The number of benzene rings is 2. The summed E-state index contributed by atoms with van der Waals surface area (Å²) in [6.45, 7) is 0. The number of rotatable bonds is 3. The summed E-state index contributed by atoms with van der Waals surface area (Å²) in [5.74, 6) is -4.14. The molecule has 1 aliphatic rings. The topological polar surface area (TPSA) is 138 Å². The fourth-order valence-corrected chi connectivity index (χ4v) is 2.46. The molecule has 9 heteroatoms. The zero-order valence-electron chi connectivity index (χ0n) is 11.8. The monoisotopic (exact) mass is 328 g/mol. The summed E-state index contributed by atoms with van der Waals surface area (Å²) in [4.78, 5) is 46.6. The van der Waals surface area contributed by atoms with Crippen LogP contribution in [0.3, 0.4) is 0 Å². The van der Waals surface area contributed by atoms with Gasteiger partial charge in [-0.3, -0.25) is 19.7 Å². The van der Waals surface area contributed by atoms with E-state index < -0.39 is 39.7 Å². The molecular weight excluding hydrogens is 320 g/mol. The maximum atomic E-state index is 12.4. The fourth-order valence-electron chi connectivity index (χ4n) is 2.46. The van der Waals surface area contributed by atoms with Gasteiger partial charge in [-0.25, -0.2) is 9.69 Å². The molecule has 2 aromatic carbocycles. The summed E-state index contributed by atoms with van der Waals surface area (Å²) >= 11 is 0. The van der Waals surface area contributed by atoms with Crippen LogP contribution >= 0.6 is 0 Å². The standard InChI is InChI=1S/C15H8N2O7/c18-12-10(15(21)22)5-7(6-11(12)17(23)24)16-13(19)8-3-1-2-4-9(8)14(16)20/h1-6,18H,(H,21,22). The van der Waals surface area contributed by atoms with Crippen LogP contribution in [0.2, 0.25) is 0 Å². The van der Waals surface area contributed by atoms with Crippen molar-refractivity contribution in [1.82, 2.24) is 0 Å². The van der Waals surface area contributed by atoms with Crippen molar-refractivity contribution in [3.63, 3.8) is 0 Å². The molecule has 0 unspecified atom stereocenters. The summed E-state index contributed by atoms with van der Waals surface area (Å²) in [7, 11) is 0. The molecule has 0 aromatic heterocycles. The van der Waals surface area contributed by atoms with E-state index in [0.717, 1.165) is 12.1 Å². The van der Waals surface area contributed by atoms with E-state index in [4.69, 9.17) is 5.11 Å². The van der Waals surface area contributed by atoms with Crippen molar-refractivity contribution in [3.05, 3.63) is 63.2 Å². The molecule has 0 atom stereocenters. The Kier molecular flexibility index (Phi) is 3.26. The lowest BCUT2D eigenvalue weighted by Crippen LogP contribution is -2.29. The molecule has 120 valence electrons. The number of imide groups is 1. The molecule has 24 heavy (non-hydrogen) atoms. The summed E-state index contributed by atoms with van der Waals surface area (Å²) < 4.78 is 0. The number of hydrogen-bond acceptors (Lipinski definition) is 6. The SMILES string of the molecule is O=C(O)c1cc(N2C(=O)c3ccccc3C2=O)cc([N+](=O)[O-])c1O. The Morgan fingerprint density at radius 1 is 1.08 bits per heavy atom. The Morgan fingerprint density at radius 2 is 1.62 bits per heavy atom. The zero-order chi connectivity index (χ0) is 17.6. The van der Waals surface area contributed by atoms with Gasteiger partial charge in [0.05, 0.1) is 21.7 Å². The minimum absolute atomic E-state index is 0.107. The number of aromatic carboxylic acids is 1. The molecule has 1 aliphatic heterocycles. The Hall–Kier alpha value is -3.75. The van der Waals surface area contributed by atoms with Gasteiger partial charge in [-0.15, -0.1) is 0 Å². The second-order valence-corrected chi connectivity index (χ2v) is 4.91. The largest absolute Gasteiger partial charge is 0.501 e. The highest BCUT2D eigenvalue weighted by atomic mass is 16.6. The average molecular weight is 328 g/mol. The lowest BCUT2D eigenvalue weighted by atomic mass is 10.1. The number of nitro benzene ring substituents is 1. The summed E-state index contributed by atoms with van der Waals surface area (Å²) in [5, 5.41) is 29.8. The number of fused-ring (bicyclic) bond motifs is 1. The van der Waals surface area contributed by atoms with Crippen LogP contribution in [0, 0.1) is 10.1 Å². The van der Waals surface area contributed by atoms with Gasteiger partial charge in [0.15, 0.2) is 0 Å². The third kappa shape index (κ3) is 2.07. The number of nitrogens with zero attached hydrogens (tertiary/aromatic N) is 2. The molecule has 1 heterocycles. The minimum Gasteiger partial charge on any atom is -0.501 e. The smallest absolute Gasteiger partial charge is 0.339 e. The fraction of sp³-hybridized carbons (Fsp3) is 0. The second-order valence-electron chi connectivity index (χ2n) is 4.91. The van der Waals surface area contributed by atoms with Crippen LogP contribution < -0.4 is 4.90 Å². The summed E-state index contributed by atoms with van der Waals surface area (Å²) in [5.41, 5.74) is -1.79. The Morgan fingerprint density at radius 3 is 2.08 bits per heavy atom. The number of carboxylic acids is 1. The van der Waals surface area contributed by atoms with Crippen molar-refractivity contribution in [3.8, 4) is 5.75 Å². The van der Waals surface area contributed by atoms with E-state index in [0.29, 0.717) is 4.90 Å². The molecule has 0 bridgehead atoms. The average Bonchev–Trinajstić information content (AvgIpc) is 2.79. The number of hydrogen-bond donors (Lipinski definition) is 2. The van der Waals surface area contributed by atoms with Gasteiger partial charge in [-0.05, 0) is 18.2 Å². The first kappa shape index (κ1) is 15.2. The van der Waals surface area contributed by atoms with E-state index in [9.17, 15) is 29.6 Å². The number of nitro groups is 1. The zero-order valence-corrected chi connectivity index (χ0v) is 11.8. The minimum atomic E-state index is -1.63. The summed E-state index contributed by atoms with van der Waals surface area (Å²) in [6.07, 6.45) is 0. The quantitative estimate of drug-likeness (QED) is 0.497. The molecule has 2 amide bonds. The van der Waals surface area contributed by atoms with Crippen LogP contribution in [0.4, 0.5) is 11.4 Å². The number of amides is 2. The van der Waals surface area contributed by atoms with E-state index in [-0.39, 0.29) is 16.8 Å². The normalized spacial score (nSPS) is 13.1. The Labute approximate surface area is 133 Å². The van der Waals surface area contributed by atoms with Crippen molar-refractivity contribution in [2.24, 2.45) is 0 Å². The first-order chi connectivity index (χ1) is 11.3. The highest BCUT2D eigenvalue weighted by molar-refractivity contribution is 6.34. The van der Waals surface area contributed by atoms with Crippen molar-refractivity contribution >= 4 is 29.2 Å². The molecule has 9 nitrogen and oxygen atoms in total. The first-order valence-electron chi connectivity index (χ1n) is 6.55. The van der Waals surface area contributed by atoms with Gasteiger partial charge >= 0.3 is 11.7 Å². The molecule has 0 saturated carbocycles. The van der Waals surface area contributed by atoms with Crippen LogP contribution in [0.15, 0.2) is 36.4 Å². The Bertz CT molecular complexity index is 865. The number of anilines is 1. The summed E-state index contributed by atoms with van der Waals surface area (Å²) in [6, 6.07) is 7.56. The van der Waals surface area contributed by atoms with Crippen LogP contribution in [-0.4, -0.2) is 32.9 Å². The van der Waals surface area contributed by atoms with E-state index >= 15 is 0 Å². The number of carbonyl (C=O) groups excluding carboxylic acids is 2. The Balaban J connectivity index is 2.21. The number of carbonyl (C=O) groups is 3. The van der Waals surface area contributed by atoms with Gasteiger partial charge < -0.3 is 10.2 Å². The van der Waals surface area contributed by atoms with Gasteiger partial charge in [0.2, 0.25) is 5.75 Å². The molecule has 0 saturated heterocycles. The maximum absolute atomic E-state index is 12.4. The third-order valence-corrected chi connectivity index (χ3v) is 3.55. The van der Waals surface area contributed by atoms with Gasteiger partial charge in [-0.2, -0.15) is 0 Å². The van der Waals surface area contributed by atoms with Crippen molar-refractivity contribution < 1.29 is 29.5 Å². The highest BCUT2D eigenvalue weighted by Crippen LogP contribution is 2.37. The number of carboxylic acid groups (broad SMARTS) is 1. The molecule has 0 radical (unpaired) electrons. The van der Waals surface area contributed by atoms with Crippen molar-refractivity contribution in [2.75, 3.05) is 4.90 Å². The third-order valence-electron chi connectivity index (χ3n) is 3.55. The van der Waals surface area contributed by atoms with E-state index in [1.807, 2.05) is 0 Å². The van der Waals surface area contributed by atoms with Crippen molar-refractivity contribution in [2.45, 2.75) is 0 Å². The predicted octanol–water partition coefficient (Wildman–Crippen LogP) is 1.80. The number of phenols is 1. The van der Waals surface area contributed by atoms with Crippen LogP contribution in [-0.2, 0) is 0 Å². The van der Waals surface area contributed by atoms with Crippen LogP contribution in [0.5, 0.6) is 5.75 Å². The lowest BCUT2D eigenvalue weighted by molar-refractivity contribution is -0.385. The van der Waals surface area contributed by atoms with Gasteiger partial charge in [-0.1, -0.05) is 12.1 Å². The predicted molar refractivity (Wildman–Crippen MR) is 79.3 cm³/mol. The molecule has 0 aliphatic carbocycles. The van der Waals surface area contributed by atoms with E-state index in [1.165, 1.54) is 12.1 Å². The first-order valence-corrected chi connectivity index (χ1v) is 6.55. The lowest BCUT2D eigenvalue weighted by Gasteiger charge is -2.15. The van der Waals surface area contributed by atoms with Crippen LogP contribution in [0.25, 0.3) is 0 Å². The molecule has 0 spiro atoms. The maximum Gasteiger partial charge on any atom is 0.339 e. The molecule has 0 fully saturated rings. The molecule has 3 rings (SSSR count). The number of aromatic hydroxyl groups is 1. The second kappa shape index (κ2) is 5.16. The van der Waals surface area contributed by atoms with E-state index in [2.05, 4.69) is 0 Å². The molecule has 2 aromatic rings. The highest BCUT2D eigenvalue weighted by Gasteiger charge is 2.38. The van der Waals surface area contributed by atoms with Gasteiger partial charge in [0.25, 0.3) is 11.8 Å². The molecular formula is C15H8N2O7. The van der Waals surface area contributed by atoms with Crippen LogP contribution in [0.1, 0.15) is 31.1 Å². The van der Waals surface area contributed by atoms with Gasteiger partial charge in [0.1, 0.15) is 5.56 Å². The van der Waals surface area contributed by atoms with Gasteiger partial charge in [0, 0.05) is 6.07 Å². The van der Waals surface area contributed by atoms with Crippen molar-refractivity contribution in [1.29, 1.82) is 0 Å². The molecule has 2 N–H and O–H groups in total.